The molecule has 0 aromatic heterocycles. The molecule has 0 unspecified atom stereocenters. The molecular weight excluding hydrogens is 188 g/mol. The number of para-hydroxylation sites is 1. The van der Waals surface area contributed by atoms with Crippen molar-refractivity contribution in [2.24, 2.45) is 5.10 Å². The van der Waals surface area contributed by atoms with Crippen LogP contribution in [0.25, 0.3) is 5.57 Å². The van der Waals surface area contributed by atoms with Crippen LogP contribution in [0.4, 0.5) is 5.69 Å². The Morgan fingerprint density at radius 2 is 1.87 bits per heavy atom. The maximum atomic E-state index is 5.21. The fourth-order valence-corrected chi connectivity index (χ4v) is 1.66. The fraction of sp³-hybridized carbons (Fsp3) is 0.250. The second-order valence-electron chi connectivity index (χ2n) is 3.53. The molecule has 1 N–H and O–H groups in total. The second kappa shape index (κ2) is 3.77. The van der Waals surface area contributed by atoms with Crippen molar-refractivity contribution in [1.82, 2.24) is 0 Å². The number of hydrogen-bond acceptors (Lipinski definition) is 3. The number of nitrogens with one attached hydrogen (secondary N) is 1. The van der Waals surface area contributed by atoms with Gasteiger partial charge in [-0.3, -0.25) is 5.43 Å². The predicted octanol–water partition coefficient (Wildman–Crippen LogP) is 2.87. The van der Waals surface area contributed by atoms with E-state index < -0.39 is 0 Å². The third-order valence-electron chi connectivity index (χ3n) is 2.69. The molecule has 0 spiro atoms. The minimum atomic E-state index is 0.642. The second-order valence-corrected chi connectivity index (χ2v) is 3.53. The Balaban J connectivity index is 2.59. The van der Waals surface area contributed by atoms with Crippen LogP contribution >= 0.6 is 0 Å². The molecule has 0 atom stereocenters. The summed E-state index contributed by atoms with van der Waals surface area (Å²) < 4.78 is 5.21. The summed E-state index contributed by atoms with van der Waals surface area (Å²) in [7, 11) is 1.63. The summed E-state index contributed by atoms with van der Waals surface area (Å²) >= 11 is 0. The number of methoxy groups -OCH3 is 1. The molecule has 2 rings (SSSR count). The lowest BCUT2D eigenvalue weighted by molar-refractivity contribution is 0.403. The molecular formula is C12H14N2O. The van der Waals surface area contributed by atoms with Gasteiger partial charge < -0.3 is 4.74 Å². The van der Waals surface area contributed by atoms with Crippen molar-refractivity contribution in [2.45, 2.75) is 13.8 Å². The topological polar surface area (TPSA) is 33.6 Å². The summed E-state index contributed by atoms with van der Waals surface area (Å²) in [5, 5.41) is 4.20. The monoisotopic (exact) mass is 202 g/mol. The maximum Gasteiger partial charge on any atom is 0.233 e. The van der Waals surface area contributed by atoms with E-state index in [-0.39, 0.29) is 0 Å². The molecule has 1 aliphatic heterocycles. The Hall–Kier alpha value is -1.77. The molecule has 0 fully saturated rings. The molecule has 0 amide bonds. The van der Waals surface area contributed by atoms with Gasteiger partial charge in [-0.15, -0.1) is 5.10 Å². The number of fused-ring (bicyclic) bond motifs is 1. The lowest BCUT2D eigenvalue weighted by atomic mass is 10.0. The Morgan fingerprint density at radius 1 is 1.13 bits per heavy atom. The summed E-state index contributed by atoms with van der Waals surface area (Å²) in [5.74, 6) is 0.642. The normalized spacial score (nSPS) is 15.0. The maximum absolute atomic E-state index is 5.21. The average molecular weight is 202 g/mol. The van der Waals surface area contributed by atoms with Crippen LogP contribution in [0.2, 0.25) is 0 Å². The van der Waals surface area contributed by atoms with Gasteiger partial charge in [0.05, 0.1) is 12.8 Å². The summed E-state index contributed by atoms with van der Waals surface area (Å²) in [5.41, 5.74) is 7.45. The molecule has 0 radical (unpaired) electrons. The van der Waals surface area contributed by atoms with Crippen molar-refractivity contribution < 1.29 is 4.74 Å². The van der Waals surface area contributed by atoms with Gasteiger partial charge in [-0.05, 0) is 25.5 Å². The van der Waals surface area contributed by atoms with E-state index >= 15 is 0 Å². The largest absolute Gasteiger partial charge is 0.480 e. The van der Waals surface area contributed by atoms with Crippen LogP contribution in [0.5, 0.6) is 0 Å². The van der Waals surface area contributed by atoms with Crippen molar-refractivity contribution in [3.8, 4) is 0 Å². The van der Waals surface area contributed by atoms with Gasteiger partial charge >= 0.3 is 0 Å². The molecule has 3 heteroatoms. The standard InChI is InChI=1S/C12H14N2O/c1-8-9(2)12(15-3)14-13-11-7-5-4-6-10(8)11/h4-7,13H,1-3H3. The van der Waals surface area contributed by atoms with Gasteiger partial charge in [-0.2, -0.15) is 0 Å². The van der Waals surface area contributed by atoms with Gasteiger partial charge in [-0.1, -0.05) is 18.2 Å². The van der Waals surface area contributed by atoms with E-state index in [0.717, 1.165) is 11.3 Å². The summed E-state index contributed by atoms with van der Waals surface area (Å²) in [6.07, 6.45) is 0. The van der Waals surface area contributed by atoms with E-state index in [1.165, 1.54) is 11.1 Å². The van der Waals surface area contributed by atoms with E-state index in [9.17, 15) is 0 Å². The summed E-state index contributed by atoms with van der Waals surface area (Å²) in [6, 6.07) is 8.10. The van der Waals surface area contributed by atoms with Crippen molar-refractivity contribution in [1.29, 1.82) is 0 Å². The molecule has 1 aliphatic rings. The minimum Gasteiger partial charge on any atom is -0.480 e. The predicted molar refractivity (Wildman–Crippen MR) is 62.8 cm³/mol. The summed E-state index contributed by atoms with van der Waals surface area (Å²) in [4.78, 5) is 0. The number of ether oxygens (including phenoxy) is 1. The highest BCUT2D eigenvalue weighted by molar-refractivity contribution is 6.03. The van der Waals surface area contributed by atoms with E-state index in [1.807, 2.05) is 25.1 Å². The van der Waals surface area contributed by atoms with Crippen molar-refractivity contribution in [2.75, 3.05) is 12.5 Å². The minimum absolute atomic E-state index is 0.642. The van der Waals surface area contributed by atoms with Gasteiger partial charge in [0.25, 0.3) is 0 Å². The number of nitrogens with zero attached hydrogens (tertiary/aromatic N) is 1. The third kappa shape index (κ3) is 1.61. The number of benzene rings is 1. The smallest absolute Gasteiger partial charge is 0.233 e. The lowest BCUT2D eigenvalue weighted by Crippen LogP contribution is -2.05. The number of rotatable bonds is 0. The molecule has 1 aromatic rings. The molecule has 1 aromatic carbocycles. The number of allylic oxidation sites excluding steroid dienone is 1. The molecule has 3 nitrogen and oxygen atoms in total. The number of anilines is 1. The molecule has 0 saturated heterocycles. The van der Waals surface area contributed by atoms with Crippen LogP contribution < -0.4 is 5.43 Å². The highest BCUT2D eigenvalue weighted by atomic mass is 16.5. The van der Waals surface area contributed by atoms with E-state index in [1.54, 1.807) is 7.11 Å². The SMILES string of the molecule is COC1=NNc2ccccc2C(C)=C1C. The zero-order valence-electron chi connectivity index (χ0n) is 9.16. The van der Waals surface area contributed by atoms with Gasteiger partial charge in [0.2, 0.25) is 5.90 Å². The highest BCUT2D eigenvalue weighted by Gasteiger charge is 2.14. The first kappa shape index (κ1) is 9.77. The molecule has 78 valence electrons. The van der Waals surface area contributed by atoms with Gasteiger partial charge in [0.1, 0.15) is 0 Å². The van der Waals surface area contributed by atoms with E-state index in [0.29, 0.717) is 5.90 Å². The molecule has 0 bridgehead atoms. The van der Waals surface area contributed by atoms with Gasteiger partial charge in [-0.25, -0.2) is 0 Å². The van der Waals surface area contributed by atoms with Crippen LogP contribution in [-0.4, -0.2) is 13.0 Å². The third-order valence-corrected chi connectivity index (χ3v) is 2.69. The Kier molecular flexibility index (Phi) is 2.46. The Labute approximate surface area is 89.5 Å². The lowest BCUT2D eigenvalue weighted by Gasteiger charge is -2.07. The first-order valence-electron chi connectivity index (χ1n) is 4.89. The highest BCUT2D eigenvalue weighted by Crippen LogP contribution is 2.28. The Bertz CT molecular complexity index is 447. The summed E-state index contributed by atoms with van der Waals surface area (Å²) in [6.45, 7) is 4.09. The first-order chi connectivity index (χ1) is 7.24. The van der Waals surface area contributed by atoms with E-state index in [2.05, 4.69) is 23.5 Å². The Morgan fingerprint density at radius 3 is 2.60 bits per heavy atom. The molecule has 0 aliphatic carbocycles. The molecule has 1 heterocycles. The fourth-order valence-electron chi connectivity index (χ4n) is 1.66. The van der Waals surface area contributed by atoms with Crippen molar-refractivity contribution in [3.05, 3.63) is 35.4 Å². The van der Waals surface area contributed by atoms with Crippen LogP contribution in [0, 0.1) is 0 Å². The zero-order valence-corrected chi connectivity index (χ0v) is 9.16. The molecule has 0 saturated carbocycles. The number of hydrazone groups is 1. The first-order valence-corrected chi connectivity index (χ1v) is 4.89. The number of hydrogen-bond donors (Lipinski definition) is 1. The van der Waals surface area contributed by atoms with Crippen molar-refractivity contribution in [3.63, 3.8) is 0 Å². The quantitative estimate of drug-likeness (QED) is 0.701. The average Bonchev–Trinajstić information content (AvgIpc) is 2.39. The zero-order chi connectivity index (χ0) is 10.8. The van der Waals surface area contributed by atoms with Crippen LogP contribution in [0.1, 0.15) is 19.4 Å². The van der Waals surface area contributed by atoms with Crippen LogP contribution in [0.15, 0.2) is 34.9 Å². The van der Waals surface area contributed by atoms with E-state index in [4.69, 9.17) is 4.74 Å². The molecule has 15 heavy (non-hydrogen) atoms. The van der Waals surface area contributed by atoms with Crippen molar-refractivity contribution >= 4 is 17.2 Å². The van der Waals surface area contributed by atoms with Gasteiger partial charge in [0, 0.05) is 11.1 Å². The van der Waals surface area contributed by atoms with Crippen LogP contribution in [0.3, 0.4) is 0 Å². The van der Waals surface area contributed by atoms with Crippen LogP contribution in [-0.2, 0) is 4.74 Å². The van der Waals surface area contributed by atoms with Gasteiger partial charge in [0.15, 0.2) is 0 Å².